The van der Waals surface area contributed by atoms with Gasteiger partial charge in [-0.05, 0) is 26.0 Å². The van der Waals surface area contributed by atoms with Crippen molar-refractivity contribution in [2.24, 2.45) is 0 Å². The van der Waals surface area contributed by atoms with Crippen LogP contribution in [0.1, 0.15) is 24.2 Å². The maximum atomic E-state index is 12.9. The highest BCUT2D eigenvalue weighted by atomic mass is 16.5. The fourth-order valence-electron chi connectivity index (χ4n) is 2.51. The standard InChI is InChI=1S/C15H22N2O3/c1-10-9-17(11(2)8-16-10)15(18)14-12(19-3)6-5-7-13(14)20-4/h5-7,10-11,16H,8-9H2,1-4H3. The first-order valence-electron chi connectivity index (χ1n) is 6.83. The van der Waals surface area contributed by atoms with Crippen LogP contribution in [-0.2, 0) is 0 Å². The van der Waals surface area contributed by atoms with Gasteiger partial charge in [0.05, 0.1) is 14.2 Å². The number of benzene rings is 1. The molecule has 1 aromatic rings. The van der Waals surface area contributed by atoms with E-state index in [1.54, 1.807) is 26.4 Å². The van der Waals surface area contributed by atoms with Gasteiger partial charge in [-0.25, -0.2) is 0 Å². The lowest BCUT2D eigenvalue weighted by molar-refractivity contribution is 0.0609. The van der Waals surface area contributed by atoms with Crippen molar-refractivity contribution in [2.45, 2.75) is 25.9 Å². The summed E-state index contributed by atoms with van der Waals surface area (Å²) in [6.07, 6.45) is 0. The zero-order valence-electron chi connectivity index (χ0n) is 12.5. The topological polar surface area (TPSA) is 50.8 Å². The Bertz CT molecular complexity index is 468. The second-order valence-corrected chi connectivity index (χ2v) is 5.15. The Morgan fingerprint density at radius 1 is 1.25 bits per heavy atom. The molecular weight excluding hydrogens is 256 g/mol. The van der Waals surface area contributed by atoms with E-state index in [1.807, 2.05) is 17.9 Å². The Hall–Kier alpha value is -1.75. The summed E-state index contributed by atoms with van der Waals surface area (Å²) in [5, 5.41) is 3.37. The third-order valence-corrected chi connectivity index (χ3v) is 3.67. The van der Waals surface area contributed by atoms with E-state index in [4.69, 9.17) is 9.47 Å². The van der Waals surface area contributed by atoms with E-state index < -0.39 is 0 Å². The van der Waals surface area contributed by atoms with Gasteiger partial charge < -0.3 is 19.7 Å². The van der Waals surface area contributed by atoms with Crippen molar-refractivity contribution in [1.29, 1.82) is 0 Å². The lowest BCUT2D eigenvalue weighted by Gasteiger charge is -2.38. The van der Waals surface area contributed by atoms with Gasteiger partial charge in [-0.15, -0.1) is 0 Å². The van der Waals surface area contributed by atoms with Crippen LogP contribution in [0, 0.1) is 0 Å². The summed E-state index contributed by atoms with van der Waals surface area (Å²) in [4.78, 5) is 14.7. The molecule has 1 heterocycles. The highest BCUT2D eigenvalue weighted by molar-refractivity contribution is 6.00. The van der Waals surface area contributed by atoms with Crippen LogP contribution in [0.15, 0.2) is 18.2 Å². The third kappa shape index (κ3) is 2.72. The average molecular weight is 278 g/mol. The van der Waals surface area contributed by atoms with E-state index in [9.17, 15) is 4.79 Å². The molecule has 5 heteroatoms. The number of piperazine rings is 1. The molecule has 0 bridgehead atoms. The zero-order chi connectivity index (χ0) is 14.7. The molecule has 1 aliphatic rings. The number of methoxy groups -OCH3 is 2. The molecule has 110 valence electrons. The Kier molecular flexibility index (Phi) is 4.49. The van der Waals surface area contributed by atoms with Gasteiger partial charge in [-0.1, -0.05) is 6.07 Å². The molecule has 1 aromatic carbocycles. The summed E-state index contributed by atoms with van der Waals surface area (Å²) in [6, 6.07) is 5.82. The summed E-state index contributed by atoms with van der Waals surface area (Å²) < 4.78 is 10.6. The Morgan fingerprint density at radius 3 is 2.40 bits per heavy atom. The molecule has 2 unspecified atom stereocenters. The molecule has 1 fully saturated rings. The molecule has 5 nitrogen and oxygen atoms in total. The van der Waals surface area contributed by atoms with Crippen molar-refractivity contribution >= 4 is 5.91 Å². The molecule has 1 N–H and O–H groups in total. The quantitative estimate of drug-likeness (QED) is 0.911. The number of carbonyl (C=O) groups is 1. The van der Waals surface area contributed by atoms with Crippen molar-refractivity contribution in [2.75, 3.05) is 27.3 Å². The van der Waals surface area contributed by atoms with Crippen LogP contribution < -0.4 is 14.8 Å². The predicted molar refractivity (Wildman–Crippen MR) is 77.5 cm³/mol. The fourth-order valence-corrected chi connectivity index (χ4v) is 2.51. The summed E-state index contributed by atoms with van der Waals surface area (Å²) in [5.41, 5.74) is 0.499. The first-order valence-corrected chi connectivity index (χ1v) is 6.83. The first kappa shape index (κ1) is 14.7. The lowest BCUT2D eigenvalue weighted by atomic mass is 10.1. The maximum absolute atomic E-state index is 12.9. The molecule has 0 aromatic heterocycles. The molecule has 2 atom stereocenters. The Balaban J connectivity index is 2.37. The fraction of sp³-hybridized carbons (Fsp3) is 0.533. The molecule has 0 aliphatic carbocycles. The maximum Gasteiger partial charge on any atom is 0.261 e. The second kappa shape index (κ2) is 6.13. The van der Waals surface area contributed by atoms with Gasteiger partial charge >= 0.3 is 0 Å². The third-order valence-electron chi connectivity index (χ3n) is 3.67. The van der Waals surface area contributed by atoms with Crippen molar-refractivity contribution in [3.8, 4) is 11.5 Å². The van der Waals surface area contributed by atoms with E-state index in [-0.39, 0.29) is 18.0 Å². The van der Waals surface area contributed by atoms with Crippen LogP contribution in [0.3, 0.4) is 0 Å². The number of hydrogen-bond donors (Lipinski definition) is 1. The molecule has 1 saturated heterocycles. The van der Waals surface area contributed by atoms with Crippen LogP contribution in [0.5, 0.6) is 11.5 Å². The Labute approximate surface area is 119 Å². The predicted octanol–water partition coefficient (Wildman–Crippen LogP) is 1.53. The molecule has 0 spiro atoms. The number of hydrogen-bond acceptors (Lipinski definition) is 4. The second-order valence-electron chi connectivity index (χ2n) is 5.15. The van der Waals surface area contributed by atoms with Gasteiger partial charge in [-0.3, -0.25) is 4.79 Å². The van der Waals surface area contributed by atoms with E-state index in [1.165, 1.54) is 0 Å². The molecule has 20 heavy (non-hydrogen) atoms. The van der Waals surface area contributed by atoms with Crippen molar-refractivity contribution in [3.63, 3.8) is 0 Å². The minimum absolute atomic E-state index is 0.0415. The number of nitrogens with zero attached hydrogens (tertiary/aromatic N) is 1. The monoisotopic (exact) mass is 278 g/mol. The van der Waals surface area contributed by atoms with Crippen molar-refractivity contribution in [1.82, 2.24) is 10.2 Å². The molecule has 0 saturated carbocycles. The number of amides is 1. The summed E-state index contributed by atoms with van der Waals surface area (Å²) >= 11 is 0. The highest BCUT2D eigenvalue weighted by Gasteiger charge is 2.30. The van der Waals surface area contributed by atoms with Crippen LogP contribution in [0.2, 0.25) is 0 Å². The minimum Gasteiger partial charge on any atom is -0.496 e. The summed E-state index contributed by atoms with van der Waals surface area (Å²) in [5.74, 6) is 1.06. The Morgan fingerprint density at radius 2 is 1.85 bits per heavy atom. The van der Waals surface area contributed by atoms with Gasteiger partial charge in [0, 0.05) is 25.2 Å². The van der Waals surface area contributed by atoms with Gasteiger partial charge in [0.25, 0.3) is 5.91 Å². The van der Waals surface area contributed by atoms with Crippen LogP contribution >= 0.6 is 0 Å². The normalized spacial score (nSPS) is 22.5. The molecule has 0 radical (unpaired) electrons. The van der Waals surface area contributed by atoms with E-state index in [0.29, 0.717) is 23.6 Å². The van der Waals surface area contributed by atoms with Gasteiger partial charge in [0.2, 0.25) is 0 Å². The summed E-state index contributed by atoms with van der Waals surface area (Å²) in [7, 11) is 3.13. The molecular formula is C15H22N2O3. The van der Waals surface area contributed by atoms with Gasteiger partial charge in [-0.2, -0.15) is 0 Å². The van der Waals surface area contributed by atoms with E-state index >= 15 is 0 Å². The molecule has 2 rings (SSSR count). The van der Waals surface area contributed by atoms with Crippen molar-refractivity contribution in [3.05, 3.63) is 23.8 Å². The first-order chi connectivity index (χ1) is 9.58. The van der Waals surface area contributed by atoms with Gasteiger partial charge in [0.15, 0.2) is 0 Å². The minimum atomic E-state index is -0.0415. The number of rotatable bonds is 3. The zero-order valence-corrected chi connectivity index (χ0v) is 12.5. The molecule has 1 amide bonds. The smallest absolute Gasteiger partial charge is 0.261 e. The van der Waals surface area contributed by atoms with E-state index in [2.05, 4.69) is 12.2 Å². The number of nitrogens with one attached hydrogen (secondary N) is 1. The average Bonchev–Trinajstić information content (AvgIpc) is 2.48. The van der Waals surface area contributed by atoms with E-state index in [0.717, 1.165) is 6.54 Å². The number of carbonyl (C=O) groups excluding carboxylic acids is 1. The lowest BCUT2D eigenvalue weighted by Crippen LogP contribution is -2.56. The highest BCUT2D eigenvalue weighted by Crippen LogP contribution is 2.30. The SMILES string of the molecule is COc1cccc(OC)c1C(=O)N1CC(C)NCC1C. The largest absolute Gasteiger partial charge is 0.496 e. The van der Waals surface area contributed by atoms with Crippen LogP contribution in [0.25, 0.3) is 0 Å². The van der Waals surface area contributed by atoms with Gasteiger partial charge in [0.1, 0.15) is 17.1 Å². The molecule has 1 aliphatic heterocycles. The summed E-state index contributed by atoms with van der Waals surface area (Å²) in [6.45, 7) is 5.59. The van der Waals surface area contributed by atoms with Crippen molar-refractivity contribution < 1.29 is 14.3 Å². The van der Waals surface area contributed by atoms with Crippen LogP contribution in [0.4, 0.5) is 0 Å². The number of ether oxygens (including phenoxy) is 2. The van der Waals surface area contributed by atoms with Crippen LogP contribution in [-0.4, -0.2) is 50.2 Å².